The highest BCUT2D eigenvalue weighted by atomic mass is 19.4. The number of nitrogens with two attached hydrogens (primary N) is 1. The van der Waals surface area contributed by atoms with Crippen molar-refractivity contribution in [3.63, 3.8) is 0 Å². The molecule has 43 heavy (non-hydrogen) atoms. The number of ether oxygens (including phenoxy) is 4. The number of benzene rings is 2. The molecule has 2 rings (SSSR count). The molecular weight excluding hydrogens is 563 g/mol. The van der Waals surface area contributed by atoms with E-state index in [1.165, 1.54) is 31.7 Å². The lowest BCUT2D eigenvalue weighted by molar-refractivity contribution is -0.141. The van der Waals surface area contributed by atoms with E-state index in [2.05, 4.69) is 19.8 Å². The van der Waals surface area contributed by atoms with E-state index in [-0.39, 0.29) is 31.3 Å². The maximum Gasteiger partial charge on any atom is 0.416 e. The molecular formula is C33H42F3NO6. The van der Waals surface area contributed by atoms with Crippen molar-refractivity contribution < 1.29 is 42.0 Å². The lowest BCUT2D eigenvalue weighted by Crippen LogP contribution is -2.10. The first-order chi connectivity index (χ1) is 20.6. The predicted molar refractivity (Wildman–Crippen MR) is 164 cm³/mol. The normalized spacial score (nSPS) is 11.7. The molecule has 0 bridgehead atoms. The fourth-order valence-corrected chi connectivity index (χ4v) is 3.08. The smallest absolute Gasteiger partial charge is 0.416 e. The van der Waals surface area contributed by atoms with Crippen LogP contribution in [0.25, 0.3) is 11.5 Å². The third-order valence-corrected chi connectivity index (χ3v) is 4.91. The van der Waals surface area contributed by atoms with E-state index in [1.54, 1.807) is 36.4 Å². The van der Waals surface area contributed by atoms with Crippen LogP contribution in [0.15, 0.2) is 72.5 Å². The quantitative estimate of drug-likeness (QED) is 0.0755. The average molecular weight is 606 g/mol. The minimum Gasteiger partial charge on any atom is -0.497 e. The van der Waals surface area contributed by atoms with Crippen molar-refractivity contribution in [1.82, 2.24) is 0 Å². The third-order valence-electron chi connectivity index (χ3n) is 4.91. The van der Waals surface area contributed by atoms with E-state index < -0.39 is 24.3 Å². The Kier molecular flexibility index (Phi) is 20.0. The summed E-state index contributed by atoms with van der Waals surface area (Å²) in [5.74, 6) is 2.56. The summed E-state index contributed by atoms with van der Waals surface area (Å²) >= 11 is 0. The Balaban J connectivity index is 0.00000331. The summed E-state index contributed by atoms with van der Waals surface area (Å²) in [7, 11) is 1.52. The standard InChI is InChI=1S/C28H28F3NO6.C3H8.C2H6/c1-3-6-24(7-4-5-16-36-19-25(33)34)37-17-18-38-27(21-8-12-22(13-9-21)28(29,30)31)26(32)20-10-14-23(35-2)15-11-20;1-3-2;1-2/h1,4-6,8-15H,7,16-19,32H2,2H3,(H,33,34);3H2,1-2H3;1-2H3/b5-4-,24-6+,27-26-;;. The number of carboxylic acid groups (broad SMARTS) is 1. The Bertz CT molecular complexity index is 1200. The first-order valence-corrected chi connectivity index (χ1v) is 13.7. The van der Waals surface area contributed by atoms with Gasteiger partial charge in [-0.25, -0.2) is 4.79 Å². The van der Waals surface area contributed by atoms with Gasteiger partial charge in [0.25, 0.3) is 0 Å². The second kappa shape index (κ2) is 22.3. The summed E-state index contributed by atoms with van der Waals surface area (Å²) in [6, 6.07) is 11.3. The number of rotatable bonds is 14. The van der Waals surface area contributed by atoms with E-state index in [1.807, 2.05) is 13.8 Å². The molecule has 0 saturated carbocycles. The lowest BCUT2D eigenvalue weighted by Gasteiger charge is -2.16. The highest BCUT2D eigenvalue weighted by Crippen LogP contribution is 2.31. The van der Waals surface area contributed by atoms with E-state index in [4.69, 9.17) is 36.2 Å². The Morgan fingerprint density at radius 2 is 1.53 bits per heavy atom. The number of allylic oxidation sites excluding steroid dienone is 2. The topological polar surface area (TPSA) is 100 Å². The van der Waals surface area contributed by atoms with Crippen LogP contribution in [0.4, 0.5) is 13.2 Å². The van der Waals surface area contributed by atoms with Crippen molar-refractivity contribution in [2.24, 2.45) is 5.73 Å². The number of aliphatic carboxylic acids is 1. The van der Waals surface area contributed by atoms with Crippen molar-refractivity contribution in [3.05, 3.63) is 89.2 Å². The van der Waals surface area contributed by atoms with Gasteiger partial charge in [0.2, 0.25) is 0 Å². The summed E-state index contributed by atoms with van der Waals surface area (Å²) in [4.78, 5) is 10.4. The van der Waals surface area contributed by atoms with Gasteiger partial charge >= 0.3 is 12.1 Å². The van der Waals surface area contributed by atoms with Gasteiger partial charge in [-0.15, -0.1) is 6.42 Å². The zero-order valence-electron chi connectivity index (χ0n) is 25.4. The molecule has 0 radical (unpaired) electrons. The van der Waals surface area contributed by atoms with Crippen LogP contribution in [0.1, 0.15) is 57.2 Å². The van der Waals surface area contributed by atoms with Crippen LogP contribution in [0, 0.1) is 12.3 Å². The monoisotopic (exact) mass is 605 g/mol. The van der Waals surface area contributed by atoms with E-state index in [0.29, 0.717) is 29.1 Å². The molecule has 0 aliphatic heterocycles. The Hall–Kier alpha value is -4.36. The molecule has 236 valence electrons. The number of terminal acetylenes is 1. The number of halogens is 3. The molecule has 0 aromatic heterocycles. The minimum absolute atomic E-state index is 0.0144. The van der Waals surface area contributed by atoms with E-state index >= 15 is 0 Å². The molecule has 0 saturated heterocycles. The summed E-state index contributed by atoms with van der Waals surface area (Å²) in [5, 5.41) is 8.55. The molecule has 10 heteroatoms. The fraction of sp³-hybridized carbons (Fsp3) is 0.364. The summed E-state index contributed by atoms with van der Waals surface area (Å²) in [6.45, 7) is 8.04. The zero-order valence-corrected chi connectivity index (χ0v) is 25.4. The molecule has 0 unspecified atom stereocenters. The number of methoxy groups -OCH3 is 1. The van der Waals surface area contributed by atoms with Crippen LogP contribution in [0.5, 0.6) is 5.75 Å². The molecule has 7 nitrogen and oxygen atoms in total. The summed E-state index contributed by atoms with van der Waals surface area (Å²) in [6.07, 6.45) is 7.22. The summed E-state index contributed by atoms with van der Waals surface area (Å²) in [5.41, 5.74) is 6.72. The molecule has 0 amide bonds. The van der Waals surface area contributed by atoms with Gasteiger partial charge < -0.3 is 29.8 Å². The minimum atomic E-state index is -4.48. The Morgan fingerprint density at radius 3 is 2.05 bits per heavy atom. The van der Waals surface area contributed by atoms with Crippen molar-refractivity contribution in [2.45, 2.75) is 46.7 Å². The summed E-state index contributed by atoms with van der Waals surface area (Å²) < 4.78 is 60.7. The van der Waals surface area contributed by atoms with Crippen LogP contribution in [0.2, 0.25) is 0 Å². The first kappa shape index (κ1) is 38.6. The number of alkyl halides is 3. The SMILES string of the molecule is C#C/C=C(\C/C=C\COCC(=O)O)OCCO/C(=C(\N)c1ccc(OC)cc1)c1ccc(C(F)(F)F)cc1.CC.CCC. The molecule has 0 atom stereocenters. The molecule has 0 spiro atoms. The van der Waals surface area contributed by atoms with Crippen molar-refractivity contribution >= 4 is 17.4 Å². The average Bonchev–Trinajstić information content (AvgIpc) is 2.99. The fourth-order valence-electron chi connectivity index (χ4n) is 3.08. The number of hydrogen-bond donors (Lipinski definition) is 2. The van der Waals surface area contributed by atoms with Gasteiger partial charge in [-0.2, -0.15) is 13.2 Å². The number of hydrogen-bond acceptors (Lipinski definition) is 6. The number of carboxylic acids is 1. The molecule has 0 aliphatic rings. The van der Waals surface area contributed by atoms with Gasteiger partial charge in [-0.05, 0) is 36.4 Å². The molecule has 2 aromatic carbocycles. The van der Waals surface area contributed by atoms with Gasteiger partial charge in [0.1, 0.15) is 37.1 Å². The van der Waals surface area contributed by atoms with Crippen LogP contribution >= 0.6 is 0 Å². The van der Waals surface area contributed by atoms with Crippen molar-refractivity contribution in [3.8, 4) is 18.1 Å². The predicted octanol–water partition coefficient (Wildman–Crippen LogP) is 7.54. The molecule has 0 heterocycles. The van der Waals surface area contributed by atoms with E-state index in [0.717, 1.165) is 12.1 Å². The van der Waals surface area contributed by atoms with Gasteiger partial charge in [-0.3, -0.25) is 0 Å². The number of carbonyl (C=O) groups is 1. The second-order valence-electron chi connectivity index (χ2n) is 8.31. The molecule has 0 fully saturated rings. The Labute approximate surface area is 252 Å². The molecule has 2 aromatic rings. The van der Waals surface area contributed by atoms with Gasteiger partial charge in [0.15, 0.2) is 0 Å². The Morgan fingerprint density at radius 1 is 0.977 bits per heavy atom. The molecule has 3 N–H and O–H groups in total. The highest BCUT2D eigenvalue weighted by molar-refractivity contribution is 5.86. The highest BCUT2D eigenvalue weighted by Gasteiger charge is 2.30. The van der Waals surface area contributed by atoms with Crippen LogP contribution < -0.4 is 10.5 Å². The third kappa shape index (κ3) is 16.0. The van der Waals surface area contributed by atoms with Gasteiger partial charge in [0.05, 0.1) is 25.0 Å². The maximum atomic E-state index is 13.0. The lowest BCUT2D eigenvalue weighted by atomic mass is 10.0. The van der Waals surface area contributed by atoms with Crippen molar-refractivity contribution in [1.29, 1.82) is 0 Å². The largest absolute Gasteiger partial charge is 0.497 e. The van der Waals surface area contributed by atoms with E-state index in [9.17, 15) is 18.0 Å². The van der Waals surface area contributed by atoms with Crippen LogP contribution in [-0.4, -0.2) is 44.6 Å². The zero-order chi connectivity index (χ0) is 32.7. The second-order valence-corrected chi connectivity index (χ2v) is 8.31. The van der Waals surface area contributed by atoms with Crippen molar-refractivity contribution in [2.75, 3.05) is 33.5 Å². The van der Waals surface area contributed by atoms with Gasteiger partial charge in [0, 0.05) is 23.6 Å². The van der Waals surface area contributed by atoms with Crippen LogP contribution in [-0.2, 0) is 25.2 Å². The first-order valence-electron chi connectivity index (χ1n) is 13.7. The maximum absolute atomic E-state index is 13.0. The van der Waals surface area contributed by atoms with Gasteiger partial charge in [-0.1, -0.05) is 64.3 Å². The molecule has 0 aliphatic carbocycles. The van der Waals surface area contributed by atoms with Crippen LogP contribution in [0.3, 0.4) is 0 Å².